The maximum Gasteiger partial charge on any atom is 0.245 e. The molecule has 1 heterocycles. The van der Waals surface area contributed by atoms with Gasteiger partial charge in [0, 0.05) is 54.3 Å². The molecule has 15 atom stereocenters. The SMILES string of the molecule is C[C@H](N)C(=O)NCC(=O)N[C@@H](CSCNC(=O)Cc1ccccc1)C(=O)N[C@@H](CCCCN)C(=O)N[C@@H](CC(N)=O)C(=O)N[C@@H](Cc1ccccc1)C(=O)N[C@@H](Cc1ccccc1)C(=O)N[C@@H](Cc1c[nH]c2ccccc12)C(=O)N[C@@H](CCCCN)C(=O)N[C@H](C(=O)N[C@@H](Cc1ccccc1)C(=O)N[C@H](C(=O)N[C@@H](CO)C(=O)N[C@@H](CSCNC(=O)Cc1ccccc1)C(N)=O)[C@@H](C)O)[C@@H](C)O. The van der Waals surface area contributed by atoms with Crippen LogP contribution in [0.4, 0.5) is 0 Å². The topological polar surface area (TPSA) is 677 Å². The molecular formula is C94H125N21O20S2. The summed E-state index contributed by atoms with van der Waals surface area (Å²) in [4.78, 5) is 242. The number of benzene rings is 6. The third-order valence-electron chi connectivity index (χ3n) is 21.5. The summed E-state index contributed by atoms with van der Waals surface area (Å²) in [7, 11) is 0. The van der Waals surface area contributed by atoms with Crippen molar-refractivity contribution in [3.8, 4) is 0 Å². The van der Waals surface area contributed by atoms with Gasteiger partial charge in [-0.15, -0.1) is 23.5 Å². The average Bonchev–Trinajstić information content (AvgIpc) is 1.57. The molecule has 43 heteroatoms. The van der Waals surface area contributed by atoms with E-state index in [1.54, 1.807) is 182 Å². The van der Waals surface area contributed by atoms with Crippen LogP contribution in [0.15, 0.2) is 182 Å². The molecule has 0 saturated carbocycles. The van der Waals surface area contributed by atoms with Crippen molar-refractivity contribution in [1.29, 1.82) is 0 Å². The number of carbonyl (C=O) groups is 17. The number of H-pyrrole nitrogens is 1. The summed E-state index contributed by atoms with van der Waals surface area (Å²) in [6.45, 7) is 2.23. The maximum atomic E-state index is 15.5. The third-order valence-corrected chi connectivity index (χ3v) is 23.3. The van der Waals surface area contributed by atoms with Gasteiger partial charge in [-0.1, -0.05) is 170 Å². The van der Waals surface area contributed by atoms with Crippen LogP contribution in [0.25, 0.3) is 10.9 Å². The highest BCUT2D eigenvalue weighted by Gasteiger charge is 2.40. The van der Waals surface area contributed by atoms with Crippen LogP contribution in [-0.2, 0) is 120 Å². The van der Waals surface area contributed by atoms with E-state index in [9.17, 15) is 77.6 Å². The van der Waals surface area contributed by atoms with Crippen molar-refractivity contribution in [2.24, 2.45) is 28.7 Å². The van der Waals surface area contributed by atoms with Gasteiger partial charge in [0.2, 0.25) is 100 Å². The highest BCUT2D eigenvalue weighted by molar-refractivity contribution is 7.99. The Labute approximate surface area is 800 Å². The van der Waals surface area contributed by atoms with E-state index >= 15 is 19.2 Å². The number of aliphatic hydroxyl groups excluding tert-OH is 3. The molecule has 0 bridgehead atoms. The number of aromatic nitrogens is 1. The Kier molecular flexibility index (Phi) is 47.2. The fourth-order valence-electron chi connectivity index (χ4n) is 14.0. The summed E-state index contributed by atoms with van der Waals surface area (Å²) in [5.41, 5.74) is 32.8. The van der Waals surface area contributed by atoms with Gasteiger partial charge in [-0.3, -0.25) is 81.5 Å². The van der Waals surface area contributed by atoms with Gasteiger partial charge in [0.15, 0.2) is 0 Å². The van der Waals surface area contributed by atoms with Crippen LogP contribution in [0.5, 0.6) is 0 Å². The number of hydrogen-bond donors (Lipinski definition) is 24. The van der Waals surface area contributed by atoms with Crippen LogP contribution < -0.4 is 108 Å². The number of fused-ring (bicyclic) bond motifs is 1. The quantitative estimate of drug-likeness (QED) is 0.0128. The molecule has 0 radical (unpaired) electrons. The largest absolute Gasteiger partial charge is 0.394 e. The number of unbranched alkanes of at least 4 members (excludes halogenated alkanes) is 2. The highest BCUT2D eigenvalue weighted by Crippen LogP contribution is 2.21. The second kappa shape index (κ2) is 58.6. The van der Waals surface area contributed by atoms with Crippen molar-refractivity contribution < 1.29 is 96.8 Å². The van der Waals surface area contributed by atoms with Crippen molar-refractivity contribution in [3.05, 3.63) is 216 Å². The Morgan fingerprint density at radius 3 is 1.09 bits per heavy atom. The number of aliphatic hydroxyl groups is 3. The molecule has 17 amide bonds. The van der Waals surface area contributed by atoms with Gasteiger partial charge >= 0.3 is 0 Å². The highest BCUT2D eigenvalue weighted by atomic mass is 32.2. The van der Waals surface area contributed by atoms with E-state index in [1.165, 1.54) is 6.92 Å². The number of nitrogens with two attached hydrogens (primary N) is 5. The minimum absolute atomic E-state index is 0.00901. The molecule has 0 aliphatic heterocycles. The predicted molar refractivity (Wildman–Crippen MR) is 513 cm³/mol. The summed E-state index contributed by atoms with van der Waals surface area (Å²) >= 11 is 2.07. The van der Waals surface area contributed by atoms with Gasteiger partial charge in [-0.05, 0) is 112 Å². The number of carbonyl (C=O) groups excluding carboxylic acids is 17. The molecule has 0 spiro atoms. The number of hydrogen-bond acceptors (Lipinski definition) is 25. The number of nitrogens with one attached hydrogen (secondary N) is 16. The van der Waals surface area contributed by atoms with Gasteiger partial charge in [0.25, 0.3) is 0 Å². The Morgan fingerprint density at radius 2 is 0.686 bits per heavy atom. The predicted octanol–water partition coefficient (Wildman–Crippen LogP) is -3.81. The molecule has 738 valence electrons. The number of aromatic amines is 1. The Balaban J connectivity index is 1.12. The van der Waals surface area contributed by atoms with Gasteiger partial charge in [0.05, 0.1) is 62.4 Å². The lowest BCUT2D eigenvalue weighted by Gasteiger charge is -2.29. The number of para-hydroxylation sites is 1. The van der Waals surface area contributed by atoms with E-state index in [2.05, 4.69) is 84.7 Å². The summed E-state index contributed by atoms with van der Waals surface area (Å²) < 4.78 is 0. The minimum Gasteiger partial charge on any atom is -0.394 e. The fourth-order valence-corrected chi connectivity index (χ4v) is 15.8. The zero-order valence-corrected chi connectivity index (χ0v) is 77.9. The Bertz CT molecular complexity index is 5150. The first kappa shape index (κ1) is 110. The molecule has 41 nitrogen and oxygen atoms in total. The van der Waals surface area contributed by atoms with Crippen LogP contribution in [0.3, 0.4) is 0 Å². The molecule has 0 aliphatic rings. The van der Waals surface area contributed by atoms with Crippen LogP contribution in [-0.4, -0.2) is 261 Å². The van der Waals surface area contributed by atoms with Crippen molar-refractivity contribution >= 4 is 135 Å². The van der Waals surface area contributed by atoms with Crippen LogP contribution in [0, 0.1) is 0 Å². The molecular weight excluding hydrogens is 1810 g/mol. The lowest BCUT2D eigenvalue weighted by atomic mass is 10.00. The summed E-state index contributed by atoms with van der Waals surface area (Å²) in [5.74, 6) is -16.5. The normalized spacial score (nSPS) is 14.4. The van der Waals surface area contributed by atoms with Crippen molar-refractivity contribution in [1.82, 2.24) is 84.7 Å². The maximum absolute atomic E-state index is 15.5. The van der Waals surface area contributed by atoms with Gasteiger partial charge in [0.1, 0.15) is 72.5 Å². The Morgan fingerprint density at radius 1 is 0.350 bits per heavy atom. The fraction of sp³-hybridized carbons (Fsp3) is 0.415. The second-order valence-corrected chi connectivity index (χ2v) is 34.7. The van der Waals surface area contributed by atoms with Crippen molar-refractivity contribution in [2.75, 3.05) is 49.5 Å². The minimum atomic E-state index is -1.94. The van der Waals surface area contributed by atoms with Crippen molar-refractivity contribution in [3.63, 3.8) is 0 Å². The first-order chi connectivity index (χ1) is 65.6. The molecule has 29 N–H and O–H groups in total. The first-order valence-corrected chi connectivity index (χ1v) is 47.0. The van der Waals surface area contributed by atoms with E-state index in [0.717, 1.165) is 48.5 Å². The van der Waals surface area contributed by atoms with Crippen LogP contribution in [0.1, 0.15) is 99.1 Å². The molecule has 1 aromatic heterocycles. The third kappa shape index (κ3) is 38.9. The number of thioether (sulfide) groups is 2. The van der Waals surface area contributed by atoms with Gasteiger partial charge in [-0.25, -0.2) is 0 Å². The number of primary amides is 2. The standard InChI is InChI=1S/C94H125N21O20S2/c1-55(97)83(124)101-49-79(122)104-75(52-137-54-103-78(121)45-62-33-17-8-18-34-62)92(133)106-66(37-21-23-39-95)84(125)110-72(47-76(98)119)89(130)108-68(41-58-25-9-4-10-26-58)86(127)107-69(42-59-27-11-5-12-28-59)87(128)109-71(46-63-48-100-65-36-20-19-35-64(63)65)88(129)105-67(38-22-24-40-96)85(126)114-80(56(2)117)93(134)111-70(43-60-29-13-6-14-30-60)90(131)115-81(57(3)118)94(135)112-73(50-116)91(132)113-74(82(99)123)51-136-53-102-77(120)44-61-31-15-7-16-32-61/h4-20,25-36,48,55-57,66-75,80-81,100,116-118H,21-24,37-47,49-54,95-97H2,1-3H3,(H2,98,119)(H2,99,123)(H,101,124)(H,102,120)(H,103,121)(H,104,122)(H,105,129)(H,106,133)(H,107,127)(H,108,130)(H,109,128)(H,110,125)(H,111,134)(H,112,135)(H,113,132)(H,114,126)(H,115,131)/t55-,56+,57+,66-,67-,68-,69-,70-,71-,72-,73-,74-,75-,80-,81-/m0/s1. The summed E-state index contributed by atoms with van der Waals surface area (Å²) in [6.07, 6.45) is -3.24. The van der Waals surface area contributed by atoms with E-state index < -0.39 is 199 Å². The smallest absolute Gasteiger partial charge is 0.245 e. The zero-order chi connectivity index (χ0) is 99.9. The summed E-state index contributed by atoms with van der Waals surface area (Å²) in [6, 6.07) is 28.3. The average molecular weight is 1930 g/mol. The molecule has 7 aromatic rings. The zero-order valence-electron chi connectivity index (χ0n) is 76.3. The number of amides is 17. The summed E-state index contributed by atoms with van der Waals surface area (Å²) in [5, 5.41) is 71.8. The van der Waals surface area contributed by atoms with Crippen LogP contribution >= 0.6 is 23.5 Å². The van der Waals surface area contributed by atoms with Crippen LogP contribution in [0.2, 0.25) is 0 Å². The van der Waals surface area contributed by atoms with E-state index in [0.29, 0.717) is 39.6 Å². The molecule has 0 aliphatic carbocycles. The lowest BCUT2D eigenvalue weighted by Crippen LogP contribution is -2.63. The number of rotatable bonds is 60. The molecule has 137 heavy (non-hydrogen) atoms. The van der Waals surface area contributed by atoms with Crippen molar-refractivity contribution in [2.45, 2.75) is 195 Å². The molecule has 0 unspecified atom stereocenters. The molecule has 7 rings (SSSR count). The van der Waals surface area contributed by atoms with E-state index in [-0.39, 0.29) is 119 Å². The molecule has 6 aromatic carbocycles. The Hall–Kier alpha value is -13.7. The molecule has 0 fully saturated rings. The second-order valence-electron chi connectivity index (χ2n) is 32.6. The molecule has 0 saturated heterocycles. The van der Waals surface area contributed by atoms with Gasteiger partial charge in [-0.2, -0.15) is 0 Å². The van der Waals surface area contributed by atoms with E-state index in [1.807, 2.05) is 0 Å². The lowest BCUT2D eigenvalue weighted by molar-refractivity contribution is -0.138. The first-order valence-electron chi connectivity index (χ1n) is 44.7. The monoisotopic (exact) mass is 1930 g/mol. The van der Waals surface area contributed by atoms with E-state index in [4.69, 9.17) is 28.7 Å². The van der Waals surface area contributed by atoms with Gasteiger partial charge < -0.3 is 129 Å².